The van der Waals surface area contributed by atoms with E-state index in [9.17, 15) is 8.42 Å². The lowest BCUT2D eigenvalue weighted by atomic mass is 9.79. The lowest BCUT2D eigenvalue weighted by molar-refractivity contribution is 0.0864. The van der Waals surface area contributed by atoms with E-state index < -0.39 is 10.0 Å². The second kappa shape index (κ2) is 8.96. The van der Waals surface area contributed by atoms with Gasteiger partial charge in [0.25, 0.3) is 0 Å². The quantitative estimate of drug-likeness (QED) is 0.675. The molecule has 1 spiro atoms. The van der Waals surface area contributed by atoms with Crippen LogP contribution < -0.4 is 9.47 Å². The molecule has 2 aliphatic rings. The zero-order valence-electron chi connectivity index (χ0n) is 17.5. The van der Waals surface area contributed by atoms with E-state index in [1.807, 2.05) is 30.3 Å². The summed E-state index contributed by atoms with van der Waals surface area (Å²) < 4.78 is 38.9. The lowest BCUT2D eigenvalue weighted by Gasteiger charge is -2.40. The van der Waals surface area contributed by atoms with Crippen LogP contribution in [0.2, 0.25) is 0 Å². The zero-order valence-corrected chi connectivity index (χ0v) is 18.3. The molecule has 4 rings (SSSR count). The van der Waals surface area contributed by atoms with Crippen LogP contribution in [0.3, 0.4) is 0 Å². The molecule has 0 bridgehead atoms. The standard InChI is InChI=1S/C23H30N2O4S/c1-28-20-8-10-22(11-9-20)30(26,27)25-15-13-23(19-25)12-5-14-24(18-23)16-17-29-21-6-3-2-4-7-21/h2-4,6-11H,5,12-19H2,1H3/t23-/m0/s1. The fraction of sp³-hybridized carbons (Fsp3) is 0.478. The second-order valence-electron chi connectivity index (χ2n) is 8.31. The topological polar surface area (TPSA) is 59.1 Å². The number of hydrogen-bond acceptors (Lipinski definition) is 5. The van der Waals surface area contributed by atoms with Gasteiger partial charge in [0.15, 0.2) is 0 Å². The van der Waals surface area contributed by atoms with Crippen LogP contribution in [-0.2, 0) is 10.0 Å². The van der Waals surface area contributed by atoms with E-state index in [0.29, 0.717) is 30.3 Å². The van der Waals surface area contributed by atoms with Crippen LogP contribution in [0, 0.1) is 5.41 Å². The monoisotopic (exact) mass is 430 g/mol. The third-order valence-corrected chi connectivity index (χ3v) is 8.12. The van der Waals surface area contributed by atoms with Crippen LogP contribution >= 0.6 is 0 Å². The van der Waals surface area contributed by atoms with Crippen molar-refractivity contribution in [3.8, 4) is 11.5 Å². The molecule has 7 heteroatoms. The smallest absolute Gasteiger partial charge is 0.243 e. The maximum atomic E-state index is 13.1. The van der Waals surface area contributed by atoms with Crippen molar-refractivity contribution < 1.29 is 17.9 Å². The average molecular weight is 431 g/mol. The van der Waals surface area contributed by atoms with Crippen LogP contribution in [0.4, 0.5) is 0 Å². The minimum Gasteiger partial charge on any atom is -0.497 e. The van der Waals surface area contributed by atoms with Crippen molar-refractivity contribution in [2.75, 3.05) is 46.4 Å². The number of hydrogen-bond donors (Lipinski definition) is 0. The van der Waals surface area contributed by atoms with Crippen molar-refractivity contribution in [2.45, 2.75) is 24.2 Å². The molecule has 0 aromatic heterocycles. The SMILES string of the molecule is COc1ccc(S(=O)(=O)N2CC[C@]3(CCCN(CCOc4ccccc4)C3)C2)cc1. The summed E-state index contributed by atoms with van der Waals surface area (Å²) in [5, 5.41) is 0. The van der Waals surface area contributed by atoms with Crippen LogP contribution in [0.1, 0.15) is 19.3 Å². The van der Waals surface area contributed by atoms with E-state index in [4.69, 9.17) is 9.47 Å². The fourth-order valence-corrected chi connectivity index (χ4v) is 6.19. The molecule has 30 heavy (non-hydrogen) atoms. The number of para-hydroxylation sites is 1. The van der Waals surface area contributed by atoms with Crippen LogP contribution in [0.5, 0.6) is 11.5 Å². The first kappa shape index (κ1) is 21.2. The molecule has 1 atom stereocenters. The normalized spacial score (nSPS) is 23.0. The third-order valence-electron chi connectivity index (χ3n) is 6.26. The molecule has 2 heterocycles. The van der Waals surface area contributed by atoms with Gasteiger partial charge in [0.1, 0.15) is 18.1 Å². The van der Waals surface area contributed by atoms with Gasteiger partial charge >= 0.3 is 0 Å². The Bertz CT molecular complexity index is 933. The molecule has 2 fully saturated rings. The van der Waals surface area contributed by atoms with Crippen molar-refractivity contribution in [2.24, 2.45) is 5.41 Å². The predicted octanol–water partition coefficient (Wildman–Crippen LogP) is 3.25. The molecule has 2 aliphatic heterocycles. The number of rotatable bonds is 7. The molecule has 2 aromatic carbocycles. The highest BCUT2D eigenvalue weighted by Gasteiger charge is 2.45. The van der Waals surface area contributed by atoms with Gasteiger partial charge in [-0.2, -0.15) is 4.31 Å². The Balaban J connectivity index is 1.35. The van der Waals surface area contributed by atoms with Gasteiger partial charge in [-0.25, -0.2) is 8.42 Å². The van der Waals surface area contributed by atoms with E-state index in [2.05, 4.69) is 4.90 Å². The first-order chi connectivity index (χ1) is 14.5. The summed E-state index contributed by atoms with van der Waals surface area (Å²) in [4.78, 5) is 2.76. The number of benzene rings is 2. The van der Waals surface area contributed by atoms with Crippen LogP contribution in [-0.4, -0.2) is 64.1 Å². The Labute approximate surface area is 179 Å². The van der Waals surface area contributed by atoms with Gasteiger partial charge < -0.3 is 9.47 Å². The van der Waals surface area contributed by atoms with Crippen molar-refractivity contribution in [1.29, 1.82) is 0 Å². The Hall–Kier alpha value is -2.09. The average Bonchev–Trinajstić information content (AvgIpc) is 3.18. The summed E-state index contributed by atoms with van der Waals surface area (Å²) in [6.07, 6.45) is 3.10. The molecular formula is C23H30N2O4S. The molecule has 162 valence electrons. The van der Waals surface area contributed by atoms with Crippen molar-refractivity contribution in [1.82, 2.24) is 9.21 Å². The van der Waals surface area contributed by atoms with E-state index in [-0.39, 0.29) is 5.41 Å². The van der Waals surface area contributed by atoms with Gasteiger partial charge in [0.05, 0.1) is 12.0 Å². The fourth-order valence-electron chi connectivity index (χ4n) is 4.64. The number of nitrogens with zero attached hydrogens (tertiary/aromatic N) is 2. The number of piperidine rings is 1. The molecule has 0 aliphatic carbocycles. The number of likely N-dealkylation sites (tertiary alicyclic amines) is 1. The summed E-state index contributed by atoms with van der Waals surface area (Å²) in [7, 11) is -1.90. The first-order valence-corrected chi connectivity index (χ1v) is 12.0. The minimum atomic E-state index is -3.47. The molecule has 0 N–H and O–H groups in total. The lowest BCUT2D eigenvalue weighted by Crippen LogP contribution is -2.46. The van der Waals surface area contributed by atoms with Gasteiger partial charge in [-0.1, -0.05) is 18.2 Å². The van der Waals surface area contributed by atoms with Crippen molar-refractivity contribution in [3.63, 3.8) is 0 Å². The zero-order chi connectivity index (χ0) is 21.0. The molecule has 2 saturated heterocycles. The van der Waals surface area contributed by atoms with Gasteiger partial charge in [-0.3, -0.25) is 4.90 Å². The molecule has 0 amide bonds. The molecule has 0 unspecified atom stereocenters. The maximum Gasteiger partial charge on any atom is 0.243 e. The van der Waals surface area contributed by atoms with Crippen LogP contribution in [0.25, 0.3) is 0 Å². The van der Waals surface area contributed by atoms with E-state index >= 15 is 0 Å². The number of ether oxygens (including phenoxy) is 2. The Morgan fingerprint density at radius 2 is 1.70 bits per heavy atom. The number of sulfonamides is 1. The molecule has 0 saturated carbocycles. The predicted molar refractivity (Wildman–Crippen MR) is 116 cm³/mol. The van der Waals surface area contributed by atoms with Gasteiger partial charge in [0, 0.05) is 26.2 Å². The van der Waals surface area contributed by atoms with Gasteiger partial charge in [-0.15, -0.1) is 0 Å². The maximum absolute atomic E-state index is 13.1. The van der Waals surface area contributed by atoms with Gasteiger partial charge in [-0.05, 0) is 67.6 Å². The Morgan fingerprint density at radius 3 is 2.43 bits per heavy atom. The second-order valence-corrected chi connectivity index (χ2v) is 10.2. The number of methoxy groups -OCH3 is 1. The summed E-state index contributed by atoms with van der Waals surface area (Å²) in [6, 6.07) is 16.5. The van der Waals surface area contributed by atoms with Crippen molar-refractivity contribution >= 4 is 10.0 Å². The highest BCUT2D eigenvalue weighted by Crippen LogP contribution is 2.40. The summed E-state index contributed by atoms with van der Waals surface area (Å²) >= 11 is 0. The summed E-state index contributed by atoms with van der Waals surface area (Å²) in [5.74, 6) is 1.55. The van der Waals surface area contributed by atoms with E-state index in [0.717, 1.165) is 44.6 Å². The van der Waals surface area contributed by atoms with Gasteiger partial charge in [0.2, 0.25) is 10.0 Å². The molecule has 0 radical (unpaired) electrons. The van der Waals surface area contributed by atoms with Crippen LogP contribution in [0.15, 0.2) is 59.5 Å². The summed E-state index contributed by atoms with van der Waals surface area (Å²) in [6.45, 7) is 4.67. The Kier molecular flexibility index (Phi) is 6.32. The highest BCUT2D eigenvalue weighted by molar-refractivity contribution is 7.89. The largest absolute Gasteiger partial charge is 0.497 e. The highest BCUT2D eigenvalue weighted by atomic mass is 32.2. The Morgan fingerprint density at radius 1 is 0.933 bits per heavy atom. The molecule has 2 aromatic rings. The minimum absolute atomic E-state index is 0.0462. The molecular weight excluding hydrogens is 400 g/mol. The first-order valence-electron chi connectivity index (χ1n) is 10.6. The van der Waals surface area contributed by atoms with Crippen molar-refractivity contribution in [3.05, 3.63) is 54.6 Å². The third kappa shape index (κ3) is 4.63. The van der Waals surface area contributed by atoms with E-state index in [1.54, 1.807) is 35.7 Å². The molecule has 6 nitrogen and oxygen atoms in total. The van der Waals surface area contributed by atoms with E-state index in [1.165, 1.54) is 0 Å². The summed E-state index contributed by atoms with van der Waals surface area (Å²) in [5.41, 5.74) is 0.0462.